The standard InChI is InChI=1S/C16H20N4O/c1-10(2)15-14(9-20(3)19-15)18-16(21)12-4-5-13-11(8-12)6-7-17-13/h4-5,8-10,17H,6-7H2,1-3H3,(H,18,21). The van der Waals surface area contributed by atoms with Crippen molar-refractivity contribution in [1.82, 2.24) is 9.78 Å². The van der Waals surface area contributed by atoms with Gasteiger partial charge in [-0.3, -0.25) is 9.48 Å². The molecule has 0 saturated heterocycles. The molecular formula is C16H20N4O. The molecule has 1 aromatic carbocycles. The highest BCUT2D eigenvalue weighted by atomic mass is 16.1. The fraction of sp³-hybridized carbons (Fsp3) is 0.375. The van der Waals surface area contributed by atoms with Crippen molar-refractivity contribution < 1.29 is 4.79 Å². The first-order chi connectivity index (χ1) is 10.0. The molecule has 0 unspecified atom stereocenters. The number of aromatic nitrogens is 2. The summed E-state index contributed by atoms with van der Waals surface area (Å²) in [6.45, 7) is 5.08. The molecule has 0 atom stereocenters. The quantitative estimate of drug-likeness (QED) is 0.911. The second-order valence-corrected chi connectivity index (χ2v) is 5.76. The van der Waals surface area contributed by atoms with Gasteiger partial charge in [-0.05, 0) is 36.1 Å². The van der Waals surface area contributed by atoms with Gasteiger partial charge in [0.05, 0.1) is 11.4 Å². The number of nitrogens with zero attached hydrogens (tertiary/aromatic N) is 2. The fourth-order valence-corrected chi connectivity index (χ4v) is 2.67. The van der Waals surface area contributed by atoms with E-state index in [9.17, 15) is 4.79 Å². The second-order valence-electron chi connectivity index (χ2n) is 5.76. The van der Waals surface area contributed by atoms with Crippen molar-refractivity contribution in [2.75, 3.05) is 17.2 Å². The van der Waals surface area contributed by atoms with Gasteiger partial charge in [-0.15, -0.1) is 0 Å². The molecule has 2 heterocycles. The molecule has 1 amide bonds. The van der Waals surface area contributed by atoms with Crippen molar-refractivity contribution in [1.29, 1.82) is 0 Å². The number of amides is 1. The predicted molar refractivity (Wildman–Crippen MR) is 83.9 cm³/mol. The Hall–Kier alpha value is -2.30. The van der Waals surface area contributed by atoms with Gasteiger partial charge < -0.3 is 10.6 Å². The van der Waals surface area contributed by atoms with E-state index < -0.39 is 0 Å². The maximum Gasteiger partial charge on any atom is 0.255 e. The molecule has 5 nitrogen and oxygen atoms in total. The highest BCUT2D eigenvalue weighted by molar-refractivity contribution is 6.05. The van der Waals surface area contributed by atoms with Crippen molar-refractivity contribution in [3.05, 3.63) is 41.2 Å². The first-order valence-corrected chi connectivity index (χ1v) is 7.26. The minimum Gasteiger partial charge on any atom is -0.384 e. The van der Waals surface area contributed by atoms with Crippen LogP contribution in [-0.2, 0) is 13.5 Å². The van der Waals surface area contributed by atoms with E-state index in [-0.39, 0.29) is 11.8 Å². The van der Waals surface area contributed by atoms with Gasteiger partial charge in [0.15, 0.2) is 0 Å². The van der Waals surface area contributed by atoms with Crippen LogP contribution in [0.5, 0.6) is 0 Å². The molecule has 0 radical (unpaired) electrons. The van der Waals surface area contributed by atoms with Gasteiger partial charge in [0.1, 0.15) is 0 Å². The van der Waals surface area contributed by atoms with Crippen molar-refractivity contribution in [2.24, 2.45) is 7.05 Å². The van der Waals surface area contributed by atoms with Crippen molar-refractivity contribution in [3.63, 3.8) is 0 Å². The summed E-state index contributed by atoms with van der Waals surface area (Å²) < 4.78 is 1.73. The molecule has 2 N–H and O–H groups in total. The van der Waals surface area contributed by atoms with Crippen LogP contribution in [-0.4, -0.2) is 22.2 Å². The molecule has 2 aromatic rings. The highest BCUT2D eigenvalue weighted by Gasteiger charge is 2.17. The summed E-state index contributed by atoms with van der Waals surface area (Å²) >= 11 is 0. The van der Waals surface area contributed by atoms with Gasteiger partial charge in [0, 0.05) is 31.0 Å². The van der Waals surface area contributed by atoms with Gasteiger partial charge in [-0.25, -0.2) is 0 Å². The Bertz CT molecular complexity index is 688. The maximum atomic E-state index is 12.4. The lowest BCUT2D eigenvalue weighted by Crippen LogP contribution is -2.13. The monoisotopic (exact) mass is 284 g/mol. The number of carbonyl (C=O) groups is 1. The molecule has 3 rings (SSSR count). The molecule has 110 valence electrons. The van der Waals surface area contributed by atoms with E-state index in [1.165, 1.54) is 5.56 Å². The fourth-order valence-electron chi connectivity index (χ4n) is 2.67. The molecule has 21 heavy (non-hydrogen) atoms. The second kappa shape index (κ2) is 5.24. The Labute approximate surface area is 124 Å². The Morgan fingerprint density at radius 1 is 1.43 bits per heavy atom. The number of rotatable bonds is 3. The van der Waals surface area contributed by atoms with E-state index >= 15 is 0 Å². The third kappa shape index (κ3) is 2.63. The van der Waals surface area contributed by atoms with Crippen LogP contribution in [0, 0.1) is 0 Å². The molecule has 1 aliphatic heterocycles. The zero-order valence-corrected chi connectivity index (χ0v) is 12.6. The Morgan fingerprint density at radius 3 is 3.00 bits per heavy atom. The van der Waals surface area contributed by atoms with Gasteiger partial charge in [-0.2, -0.15) is 5.10 Å². The smallest absolute Gasteiger partial charge is 0.255 e. The number of hydrogen-bond acceptors (Lipinski definition) is 3. The van der Waals surface area contributed by atoms with Gasteiger partial charge in [-0.1, -0.05) is 13.8 Å². The summed E-state index contributed by atoms with van der Waals surface area (Å²) in [4.78, 5) is 12.4. The number of benzene rings is 1. The largest absolute Gasteiger partial charge is 0.384 e. The van der Waals surface area contributed by atoms with Crippen LogP contribution in [0.1, 0.15) is 41.4 Å². The van der Waals surface area contributed by atoms with Gasteiger partial charge in [0.25, 0.3) is 5.91 Å². The number of aryl methyl sites for hydroxylation is 1. The normalized spacial score (nSPS) is 13.1. The molecule has 1 aliphatic rings. The van der Waals surface area contributed by atoms with Gasteiger partial charge >= 0.3 is 0 Å². The predicted octanol–water partition coefficient (Wildman–Crippen LogP) is 2.76. The Morgan fingerprint density at radius 2 is 2.24 bits per heavy atom. The van der Waals surface area contributed by atoms with E-state index in [1.54, 1.807) is 4.68 Å². The molecule has 0 fully saturated rings. The molecule has 0 spiro atoms. The zero-order chi connectivity index (χ0) is 15.0. The van der Waals surface area contributed by atoms with Crippen molar-refractivity contribution in [3.8, 4) is 0 Å². The van der Waals surface area contributed by atoms with Crippen molar-refractivity contribution in [2.45, 2.75) is 26.2 Å². The molecule has 0 aliphatic carbocycles. The summed E-state index contributed by atoms with van der Waals surface area (Å²) in [5, 5.41) is 10.7. The van der Waals surface area contributed by atoms with Crippen LogP contribution in [0.2, 0.25) is 0 Å². The van der Waals surface area contributed by atoms with E-state index in [0.717, 1.165) is 30.0 Å². The minimum atomic E-state index is -0.0837. The number of nitrogens with one attached hydrogen (secondary N) is 2. The average Bonchev–Trinajstić information content (AvgIpc) is 3.04. The average molecular weight is 284 g/mol. The molecule has 5 heteroatoms. The summed E-state index contributed by atoms with van der Waals surface area (Å²) in [7, 11) is 1.86. The number of hydrogen-bond donors (Lipinski definition) is 2. The third-order valence-electron chi connectivity index (χ3n) is 3.73. The summed E-state index contributed by atoms with van der Waals surface area (Å²) in [5.74, 6) is 0.185. The SMILES string of the molecule is CC(C)c1nn(C)cc1NC(=O)c1ccc2c(c1)CCN2. The van der Waals surface area contributed by atoms with Crippen LogP contribution in [0.4, 0.5) is 11.4 Å². The summed E-state index contributed by atoms with van der Waals surface area (Å²) in [5.41, 5.74) is 4.73. The first kappa shape index (κ1) is 13.7. The highest BCUT2D eigenvalue weighted by Crippen LogP contribution is 2.25. The van der Waals surface area contributed by atoms with Crippen LogP contribution in [0.15, 0.2) is 24.4 Å². The first-order valence-electron chi connectivity index (χ1n) is 7.26. The lowest BCUT2D eigenvalue weighted by molar-refractivity contribution is 0.102. The van der Waals surface area contributed by atoms with Gasteiger partial charge in [0.2, 0.25) is 0 Å². The maximum absolute atomic E-state index is 12.4. The summed E-state index contributed by atoms with van der Waals surface area (Å²) in [6.07, 6.45) is 2.82. The van der Waals surface area contributed by atoms with Crippen LogP contribution in [0.25, 0.3) is 0 Å². The van der Waals surface area contributed by atoms with E-state index in [0.29, 0.717) is 5.56 Å². The Kier molecular flexibility index (Phi) is 3.41. The lowest BCUT2D eigenvalue weighted by atomic mass is 10.1. The lowest BCUT2D eigenvalue weighted by Gasteiger charge is -2.08. The van der Waals surface area contributed by atoms with E-state index in [1.807, 2.05) is 31.4 Å². The van der Waals surface area contributed by atoms with Crippen LogP contribution >= 0.6 is 0 Å². The topological polar surface area (TPSA) is 59.0 Å². The minimum absolute atomic E-state index is 0.0837. The number of carbonyl (C=O) groups excluding carboxylic acids is 1. The molecule has 0 saturated carbocycles. The third-order valence-corrected chi connectivity index (χ3v) is 3.73. The molecular weight excluding hydrogens is 264 g/mol. The van der Waals surface area contributed by atoms with Crippen LogP contribution < -0.4 is 10.6 Å². The zero-order valence-electron chi connectivity index (χ0n) is 12.6. The van der Waals surface area contributed by atoms with Crippen LogP contribution in [0.3, 0.4) is 0 Å². The Balaban J connectivity index is 1.83. The number of fused-ring (bicyclic) bond motifs is 1. The summed E-state index contributed by atoms with van der Waals surface area (Å²) in [6, 6.07) is 5.80. The number of anilines is 2. The molecule has 1 aromatic heterocycles. The molecule has 0 bridgehead atoms. The van der Waals surface area contributed by atoms with Crippen molar-refractivity contribution >= 4 is 17.3 Å². The van der Waals surface area contributed by atoms with E-state index in [2.05, 4.69) is 29.6 Å². The van der Waals surface area contributed by atoms with E-state index in [4.69, 9.17) is 0 Å².